The summed E-state index contributed by atoms with van der Waals surface area (Å²) in [6.07, 6.45) is -0.348. The Morgan fingerprint density at radius 2 is 2.18 bits per heavy atom. The van der Waals surface area contributed by atoms with E-state index < -0.39 is 24.1 Å². The van der Waals surface area contributed by atoms with Crippen molar-refractivity contribution in [2.45, 2.75) is 45.3 Å². The smallest absolute Gasteiger partial charge is 0.405 e. The predicted molar refractivity (Wildman–Crippen MR) is 77.6 cm³/mol. The van der Waals surface area contributed by atoms with Crippen molar-refractivity contribution in [1.29, 1.82) is 0 Å². The van der Waals surface area contributed by atoms with Crippen LogP contribution in [-0.4, -0.2) is 42.9 Å². The van der Waals surface area contributed by atoms with E-state index in [9.17, 15) is 19.2 Å². The van der Waals surface area contributed by atoms with Crippen LogP contribution < -0.4 is 16.4 Å². The zero-order valence-corrected chi connectivity index (χ0v) is 12.8. The first-order valence-corrected chi connectivity index (χ1v) is 7.33. The third-order valence-electron chi connectivity index (χ3n) is 3.43. The topological polar surface area (TPSA) is 128 Å². The Morgan fingerprint density at radius 3 is 2.64 bits per heavy atom. The van der Waals surface area contributed by atoms with Gasteiger partial charge in [-0.15, -0.1) is 0 Å². The second kappa shape index (κ2) is 8.35. The van der Waals surface area contributed by atoms with E-state index in [4.69, 9.17) is 10.5 Å². The summed E-state index contributed by atoms with van der Waals surface area (Å²) in [5.41, 5.74) is 4.96. The number of carbonyl (C=O) groups excluding carboxylic acids is 4. The van der Waals surface area contributed by atoms with Crippen molar-refractivity contribution in [3.8, 4) is 0 Å². The maximum atomic E-state index is 12.1. The fourth-order valence-corrected chi connectivity index (χ4v) is 2.38. The minimum Gasteiger partial charge on any atom is -0.436 e. The van der Waals surface area contributed by atoms with Crippen LogP contribution in [-0.2, 0) is 19.1 Å². The van der Waals surface area contributed by atoms with Gasteiger partial charge in [0.2, 0.25) is 5.91 Å². The Balaban J connectivity index is 2.61. The summed E-state index contributed by atoms with van der Waals surface area (Å²) in [5.74, 6) is -0.891. The van der Waals surface area contributed by atoms with E-state index >= 15 is 0 Å². The fraction of sp³-hybridized carbons (Fsp3) is 0.714. The first kappa shape index (κ1) is 17.9. The van der Waals surface area contributed by atoms with E-state index in [1.807, 2.05) is 13.8 Å². The molecule has 1 heterocycles. The molecule has 124 valence electrons. The molecule has 1 rings (SSSR count). The average Bonchev–Trinajstić information content (AvgIpc) is 2.81. The standard InChI is InChI=1S/C14H23N3O5/c1-8(2)5-11(22-14(15)21)13(20)17-10(7-18)6-9-3-4-16-12(9)19/h7-11H,3-6H2,1-2H3,(H2,15,21)(H,16,19)(H,17,20). The molecule has 3 amide bonds. The van der Waals surface area contributed by atoms with Crippen molar-refractivity contribution in [3.05, 3.63) is 0 Å². The molecule has 8 nitrogen and oxygen atoms in total. The summed E-state index contributed by atoms with van der Waals surface area (Å²) in [6.45, 7) is 4.30. The Hall–Kier alpha value is -2.12. The van der Waals surface area contributed by atoms with Gasteiger partial charge in [-0.25, -0.2) is 4.79 Å². The number of aldehydes is 1. The highest BCUT2D eigenvalue weighted by Gasteiger charge is 2.30. The van der Waals surface area contributed by atoms with Crippen LogP contribution in [0.3, 0.4) is 0 Å². The van der Waals surface area contributed by atoms with Crippen LogP contribution in [0.1, 0.15) is 33.1 Å². The molecule has 3 atom stereocenters. The lowest BCUT2D eigenvalue weighted by molar-refractivity contribution is -0.133. The van der Waals surface area contributed by atoms with Crippen molar-refractivity contribution < 1.29 is 23.9 Å². The molecule has 0 aromatic heterocycles. The van der Waals surface area contributed by atoms with Crippen LogP contribution in [0.15, 0.2) is 0 Å². The van der Waals surface area contributed by atoms with Gasteiger partial charge in [0.1, 0.15) is 6.29 Å². The van der Waals surface area contributed by atoms with Gasteiger partial charge in [0.05, 0.1) is 6.04 Å². The molecule has 0 aromatic carbocycles. The van der Waals surface area contributed by atoms with Gasteiger partial charge >= 0.3 is 6.09 Å². The van der Waals surface area contributed by atoms with Crippen molar-refractivity contribution in [2.24, 2.45) is 17.6 Å². The third kappa shape index (κ3) is 5.71. The molecule has 0 spiro atoms. The van der Waals surface area contributed by atoms with Crippen molar-refractivity contribution in [3.63, 3.8) is 0 Å². The molecule has 1 saturated heterocycles. The van der Waals surface area contributed by atoms with Gasteiger partial charge in [0.15, 0.2) is 6.10 Å². The summed E-state index contributed by atoms with van der Waals surface area (Å²) < 4.78 is 4.79. The lowest BCUT2D eigenvalue weighted by Gasteiger charge is -2.21. The van der Waals surface area contributed by atoms with Crippen LogP contribution in [0.25, 0.3) is 0 Å². The maximum absolute atomic E-state index is 12.1. The Morgan fingerprint density at radius 1 is 1.50 bits per heavy atom. The van der Waals surface area contributed by atoms with E-state index in [-0.39, 0.29) is 24.2 Å². The molecule has 0 aromatic rings. The van der Waals surface area contributed by atoms with Crippen molar-refractivity contribution in [2.75, 3.05) is 6.54 Å². The number of amides is 3. The minimum absolute atomic E-state index is 0.102. The van der Waals surface area contributed by atoms with Gasteiger partial charge in [-0.1, -0.05) is 13.8 Å². The predicted octanol–water partition coefficient (Wildman–Crippen LogP) is -0.294. The van der Waals surface area contributed by atoms with E-state index in [0.717, 1.165) is 0 Å². The van der Waals surface area contributed by atoms with E-state index in [1.54, 1.807) is 0 Å². The second-order valence-electron chi connectivity index (χ2n) is 5.82. The minimum atomic E-state index is -1.04. The summed E-state index contributed by atoms with van der Waals surface area (Å²) >= 11 is 0. The zero-order valence-electron chi connectivity index (χ0n) is 12.8. The Kier molecular flexibility index (Phi) is 6.81. The number of hydrogen-bond donors (Lipinski definition) is 3. The SMILES string of the molecule is CC(C)CC(OC(N)=O)C(=O)NC(C=O)CC1CCNC1=O. The average molecular weight is 313 g/mol. The van der Waals surface area contributed by atoms with Crippen LogP contribution >= 0.6 is 0 Å². The Labute approximate surface area is 129 Å². The molecule has 4 N–H and O–H groups in total. The number of hydrogen-bond acceptors (Lipinski definition) is 5. The van der Waals surface area contributed by atoms with Crippen LogP contribution in [0.4, 0.5) is 4.79 Å². The molecule has 22 heavy (non-hydrogen) atoms. The lowest BCUT2D eigenvalue weighted by Crippen LogP contribution is -2.46. The molecule has 3 unspecified atom stereocenters. The van der Waals surface area contributed by atoms with Gasteiger partial charge in [-0.2, -0.15) is 0 Å². The highest BCUT2D eigenvalue weighted by molar-refractivity contribution is 5.86. The molecule has 1 aliphatic rings. The number of primary amides is 1. The number of nitrogens with two attached hydrogens (primary N) is 1. The summed E-state index contributed by atoms with van der Waals surface area (Å²) in [7, 11) is 0. The molecule has 1 fully saturated rings. The van der Waals surface area contributed by atoms with Gasteiger partial charge < -0.3 is 25.9 Å². The van der Waals surface area contributed by atoms with E-state index in [0.29, 0.717) is 25.7 Å². The number of rotatable bonds is 8. The first-order valence-electron chi connectivity index (χ1n) is 7.33. The first-order chi connectivity index (χ1) is 10.3. The molecular weight excluding hydrogens is 290 g/mol. The molecule has 0 saturated carbocycles. The van der Waals surface area contributed by atoms with Crippen LogP contribution in [0.2, 0.25) is 0 Å². The Bertz CT molecular complexity index is 438. The van der Waals surface area contributed by atoms with Gasteiger partial charge in [0.25, 0.3) is 5.91 Å². The van der Waals surface area contributed by atoms with Gasteiger partial charge in [0, 0.05) is 12.5 Å². The largest absolute Gasteiger partial charge is 0.436 e. The maximum Gasteiger partial charge on any atom is 0.405 e. The fourth-order valence-electron chi connectivity index (χ4n) is 2.38. The molecule has 1 aliphatic heterocycles. The number of ether oxygens (including phenoxy) is 1. The van der Waals surface area contributed by atoms with Gasteiger partial charge in [-0.3, -0.25) is 9.59 Å². The third-order valence-corrected chi connectivity index (χ3v) is 3.43. The van der Waals surface area contributed by atoms with Crippen molar-refractivity contribution in [1.82, 2.24) is 10.6 Å². The lowest BCUT2D eigenvalue weighted by atomic mass is 9.98. The van der Waals surface area contributed by atoms with Crippen molar-refractivity contribution >= 4 is 24.2 Å². The number of nitrogens with one attached hydrogen (secondary N) is 2. The highest BCUT2D eigenvalue weighted by atomic mass is 16.6. The van der Waals surface area contributed by atoms with E-state index in [2.05, 4.69) is 10.6 Å². The molecular formula is C14H23N3O5. The summed E-state index contributed by atoms with van der Waals surface area (Å²) in [6, 6.07) is -0.799. The van der Waals surface area contributed by atoms with Crippen LogP contribution in [0, 0.1) is 11.8 Å². The number of carbonyl (C=O) groups is 4. The molecule has 0 aliphatic carbocycles. The quantitative estimate of drug-likeness (QED) is 0.530. The zero-order chi connectivity index (χ0) is 16.7. The van der Waals surface area contributed by atoms with E-state index in [1.165, 1.54) is 0 Å². The molecule has 0 radical (unpaired) electrons. The molecule has 0 bridgehead atoms. The monoisotopic (exact) mass is 313 g/mol. The second-order valence-corrected chi connectivity index (χ2v) is 5.82. The van der Waals surface area contributed by atoms with Crippen LogP contribution in [0.5, 0.6) is 0 Å². The normalized spacial score (nSPS) is 20.1. The summed E-state index contributed by atoms with van der Waals surface area (Å²) in [5, 5.41) is 5.18. The summed E-state index contributed by atoms with van der Waals surface area (Å²) in [4.78, 5) is 45.6. The van der Waals surface area contributed by atoms with Gasteiger partial charge in [-0.05, 0) is 25.2 Å². The molecule has 8 heteroatoms. The highest BCUT2D eigenvalue weighted by Crippen LogP contribution is 2.16.